The van der Waals surface area contributed by atoms with Crippen molar-refractivity contribution in [1.82, 2.24) is 9.80 Å². The third kappa shape index (κ3) is 4.67. The number of aryl methyl sites for hydroxylation is 1. The van der Waals surface area contributed by atoms with E-state index in [0.717, 1.165) is 60.3 Å². The SMILES string of the molecule is CCCCCCc1c(C)c2ccc(O)c(CN3CCCC4=C[C@H]5C[C@@H](CN6CCCC[C@H]56)[C@@H]43)c2oc1=O. The van der Waals surface area contributed by atoms with Gasteiger partial charge in [0, 0.05) is 36.1 Å². The van der Waals surface area contributed by atoms with Crippen molar-refractivity contribution in [2.24, 2.45) is 11.8 Å². The Morgan fingerprint density at radius 3 is 2.84 bits per heavy atom. The van der Waals surface area contributed by atoms with Gasteiger partial charge in [-0.05, 0) is 94.5 Å². The first-order valence-corrected chi connectivity index (χ1v) is 15.0. The lowest BCUT2D eigenvalue weighted by atomic mass is 9.68. The fraction of sp³-hybridized carbons (Fsp3) is 0.656. The van der Waals surface area contributed by atoms with Crippen LogP contribution >= 0.6 is 0 Å². The molecule has 3 saturated heterocycles. The van der Waals surface area contributed by atoms with E-state index >= 15 is 0 Å². The molecular formula is C32H44N2O3. The molecule has 6 rings (SSSR count). The Morgan fingerprint density at radius 1 is 1.08 bits per heavy atom. The van der Waals surface area contributed by atoms with E-state index in [2.05, 4.69) is 29.7 Å². The number of phenols is 1. The average Bonchev–Trinajstić information content (AvgIpc) is 2.90. The molecule has 4 heterocycles. The molecule has 1 N–H and O–H groups in total. The Labute approximate surface area is 221 Å². The van der Waals surface area contributed by atoms with Gasteiger partial charge in [0.05, 0.1) is 5.56 Å². The molecule has 2 bridgehead atoms. The van der Waals surface area contributed by atoms with Gasteiger partial charge in [0.1, 0.15) is 11.3 Å². The summed E-state index contributed by atoms with van der Waals surface area (Å²) < 4.78 is 6.01. The van der Waals surface area contributed by atoms with Gasteiger partial charge in [-0.1, -0.05) is 44.3 Å². The Morgan fingerprint density at radius 2 is 1.97 bits per heavy atom. The van der Waals surface area contributed by atoms with Gasteiger partial charge in [-0.15, -0.1) is 0 Å². The van der Waals surface area contributed by atoms with Crippen LogP contribution in [-0.2, 0) is 13.0 Å². The lowest BCUT2D eigenvalue weighted by Gasteiger charge is -2.54. The fourth-order valence-electron chi connectivity index (χ4n) is 8.13. The normalized spacial score (nSPS) is 28.1. The number of aromatic hydroxyl groups is 1. The highest BCUT2D eigenvalue weighted by Crippen LogP contribution is 2.46. The number of benzene rings is 1. The van der Waals surface area contributed by atoms with Crippen molar-refractivity contribution in [1.29, 1.82) is 0 Å². The summed E-state index contributed by atoms with van der Waals surface area (Å²) in [6, 6.07) is 4.94. The predicted molar refractivity (Wildman–Crippen MR) is 149 cm³/mol. The van der Waals surface area contributed by atoms with E-state index in [1.165, 1.54) is 58.0 Å². The Hall–Kier alpha value is -2.11. The van der Waals surface area contributed by atoms with E-state index in [0.29, 0.717) is 30.0 Å². The first-order valence-electron chi connectivity index (χ1n) is 15.0. The monoisotopic (exact) mass is 504 g/mol. The van der Waals surface area contributed by atoms with E-state index in [-0.39, 0.29) is 11.4 Å². The van der Waals surface area contributed by atoms with E-state index in [1.807, 2.05) is 12.1 Å². The van der Waals surface area contributed by atoms with Gasteiger partial charge in [0.25, 0.3) is 0 Å². The van der Waals surface area contributed by atoms with Crippen LogP contribution in [0.2, 0.25) is 0 Å². The van der Waals surface area contributed by atoms with Gasteiger partial charge >= 0.3 is 5.63 Å². The van der Waals surface area contributed by atoms with E-state index in [1.54, 1.807) is 5.57 Å². The molecular weight excluding hydrogens is 460 g/mol. The summed E-state index contributed by atoms with van der Waals surface area (Å²) >= 11 is 0. The molecule has 1 aromatic carbocycles. The number of unbranched alkanes of at least 4 members (excludes halogenated alkanes) is 3. The van der Waals surface area contributed by atoms with Gasteiger partial charge in [-0.25, -0.2) is 4.79 Å². The fourth-order valence-corrected chi connectivity index (χ4v) is 8.13. The summed E-state index contributed by atoms with van der Waals surface area (Å²) in [6.45, 7) is 8.37. The first kappa shape index (κ1) is 25.2. The number of phenolic OH excluding ortho intramolecular Hbond substituents is 1. The maximum absolute atomic E-state index is 13.1. The summed E-state index contributed by atoms with van der Waals surface area (Å²) in [4.78, 5) is 18.5. The molecule has 5 nitrogen and oxygen atoms in total. The zero-order chi connectivity index (χ0) is 25.5. The zero-order valence-electron chi connectivity index (χ0n) is 22.8. The highest BCUT2D eigenvalue weighted by Gasteiger charge is 2.46. The van der Waals surface area contributed by atoms with Crippen LogP contribution < -0.4 is 5.63 Å². The number of rotatable bonds is 7. The Bertz CT molecular complexity index is 1230. The number of likely N-dealkylation sites (tertiary alicyclic amines) is 1. The van der Waals surface area contributed by atoms with Gasteiger partial charge in [-0.3, -0.25) is 9.80 Å². The predicted octanol–water partition coefficient (Wildman–Crippen LogP) is 6.32. The van der Waals surface area contributed by atoms with Gasteiger partial charge in [0.2, 0.25) is 0 Å². The molecule has 5 heteroatoms. The van der Waals surface area contributed by atoms with Crippen LogP contribution in [0.5, 0.6) is 5.75 Å². The molecule has 2 aromatic rings. The smallest absolute Gasteiger partial charge is 0.339 e. The molecule has 1 aliphatic carbocycles. The van der Waals surface area contributed by atoms with Crippen LogP contribution in [0.4, 0.5) is 0 Å². The highest BCUT2D eigenvalue weighted by molar-refractivity contribution is 5.85. The molecule has 0 saturated carbocycles. The van der Waals surface area contributed by atoms with Crippen molar-refractivity contribution in [2.75, 3.05) is 19.6 Å². The third-order valence-corrected chi connectivity index (χ3v) is 9.94. The number of hydrogen-bond donors (Lipinski definition) is 1. The zero-order valence-corrected chi connectivity index (χ0v) is 22.8. The van der Waals surface area contributed by atoms with Crippen LogP contribution in [0.25, 0.3) is 11.0 Å². The third-order valence-electron chi connectivity index (χ3n) is 9.94. The van der Waals surface area contributed by atoms with Crippen LogP contribution in [-0.4, -0.2) is 46.6 Å². The van der Waals surface area contributed by atoms with Crippen molar-refractivity contribution in [2.45, 2.75) is 103 Å². The lowest BCUT2D eigenvalue weighted by molar-refractivity contribution is -0.00274. The second kappa shape index (κ2) is 10.6. The topological polar surface area (TPSA) is 56.9 Å². The quantitative estimate of drug-likeness (QED) is 0.271. The van der Waals surface area contributed by atoms with Crippen LogP contribution in [0, 0.1) is 18.8 Å². The summed E-state index contributed by atoms with van der Waals surface area (Å²) in [5.41, 5.74) is 4.60. The molecule has 0 radical (unpaired) electrons. The van der Waals surface area contributed by atoms with Crippen LogP contribution in [0.3, 0.4) is 0 Å². The standard InChI is InChI=1S/C32H44N2O3/c1-3-4-5-6-11-26-21(2)25-13-14-29(35)27(31(25)37-32(26)36)20-34-16-9-10-22-17-23-18-24(30(22)34)19-33-15-8-7-12-28(23)33/h13-14,17,23-24,28,30,35H,3-12,15-16,18-20H2,1-2H3/t23-,24-,28+,30+/m0/s1. The molecule has 37 heavy (non-hydrogen) atoms. The van der Waals surface area contributed by atoms with E-state index < -0.39 is 0 Å². The number of fused-ring (bicyclic) bond motifs is 7. The molecule has 0 unspecified atom stereocenters. The Balaban J connectivity index is 1.30. The minimum atomic E-state index is -0.225. The molecule has 0 spiro atoms. The maximum atomic E-state index is 13.1. The van der Waals surface area contributed by atoms with Gasteiger partial charge in [0.15, 0.2) is 0 Å². The largest absolute Gasteiger partial charge is 0.507 e. The number of hydrogen-bond acceptors (Lipinski definition) is 5. The summed E-state index contributed by atoms with van der Waals surface area (Å²) in [7, 11) is 0. The summed E-state index contributed by atoms with van der Waals surface area (Å²) in [5.74, 6) is 1.61. The molecule has 0 amide bonds. The van der Waals surface area contributed by atoms with Crippen molar-refractivity contribution in [3.05, 3.63) is 50.9 Å². The molecule has 200 valence electrons. The Kier molecular flexibility index (Phi) is 7.19. The first-order chi connectivity index (χ1) is 18.0. The van der Waals surface area contributed by atoms with Crippen molar-refractivity contribution in [3.8, 4) is 5.75 Å². The molecule has 3 fully saturated rings. The molecule has 4 atom stereocenters. The van der Waals surface area contributed by atoms with Crippen molar-refractivity contribution in [3.63, 3.8) is 0 Å². The minimum absolute atomic E-state index is 0.225. The summed E-state index contributed by atoms with van der Waals surface area (Å²) in [5, 5.41) is 12.0. The number of piperidine rings is 3. The highest BCUT2D eigenvalue weighted by atomic mass is 16.4. The molecule has 1 aromatic heterocycles. The van der Waals surface area contributed by atoms with Crippen LogP contribution in [0.1, 0.15) is 87.8 Å². The average molecular weight is 505 g/mol. The molecule has 4 aliphatic rings. The maximum Gasteiger partial charge on any atom is 0.339 e. The van der Waals surface area contributed by atoms with Crippen molar-refractivity contribution >= 4 is 11.0 Å². The second-order valence-electron chi connectivity index (χ2n) is 12.2. The lowest BCUT2D eigenvalue weighted by Crippen LogP contribution is -2.59. The van der Waals surface area contributed by atoms with E-state index in [9.17, 15) is 9.90 Å². The molecule has 3 aliphatic heterocycles. The van der Waals surface area contributed by atoms with Crippen LogP contribution in [0.15, 0.2) is 33.0 Å². The van der Waals surface area contributed by atoms with Gasteiger partial charge < -0.3 is 9.52 Å². The number of nitrogens with zero attached hydrogens (tertiary/aromatic N) is 2. The van der Waals surface area contributed by atoms with Crippen molar-refractivity contribution < 1.29 is 9.52 Å². The van der Waals surface area contributed by atoms with E-state index in [4.69, 9.17) is 4.42 Å². The minimum Gasteiger partial charge on any atom is -0.507 e. The second-order valence-corrected chi connectivity index (χ2v) is 12.2. The summed E-state index contributed by atoms with van der Waals surface area (Å²) in [6.07, 6.45) is 15.7. The van der Waals surface area contributed by atoms with Gasteiger partial charge in [-0.2, -0.15) is 0 Å².